The molecule has 110 valence electrons. The predicted octanol–water partition coefficient (Wildman–Crippen LogP) is 4.35. The Morgan fingerprint density at radius 2 is 2.33 bits per heavy atom. The van der Waals surface area contributed by atoms with Gasteiger partial charge in [0, 0.05) is 18.0 Å². The molecule has 2 aromatic rings. The molecular weight excluding hydrogens is 315 g/mol. The molecular formula is C14H12ClFN2O2S. The lowest BCUT2D eigenvalue weighted by Gasteiger charge is -2.22. The molecule has 3 rings (SSSR count). The van der Waals surface area contributed by atoms with E-state index in [-0.39, 0.29) is 16.4 Å². The molecule has 0 saturated carbocycles. The summed E-state index contributed by atoms with van der Waals surface area (Å²) in [4.78, 5) is 14.0. The van der Waals surface area contributed by atoms with Crippen molar-refractivity contribution in [1.29, 1.82) is 0 Å². The first-order chi connectivity index (χ1) is 10.1. The number of anilines is 1. The number of rotatable bonds is 2. The second kappa shape index (κ2) is 5.99. The van der Waals surface area contributed by atoms with Crippen molar-refractivity contribution in [3.63, 3.8) is 0 Å². The van der Waals surface area contributed by atoms with Crippen LogP contribution in [0.4, 0.5) is 14.9 Å². The molecule has 0 radical (unpaired) electrons. The number of furan rings is 1. The van der Waals surface area contributed by atoms with Crippen LogP contribution in [0.15, 0.2) is 41.0 Å². The molecule has 1 fully saturated rings. The smallest absolute Gasteiger partial charge is 0.323 e. The first-order valence-electron chi connectivity index (χ1n) is 6.33. The van der Waals surface area contributed by atoms with Crippen molar-refractivity contribution in [2.24, 2.45) is 0 Å². The first kappa shape index (κ1) is 14.3. The number of hydrogen-bond acceptors (Lipinski definition) is 3. The quantitative estimate of drug-likeness (QED) is 0.892. The van der Waals surface area contributed by atoms with Gasteiger partial charge in [0.15, 0.2) is 0 Å². The second-order valence-corrected chi connectivity index (χ2v) is 6.09. The van der Waals surface area contributed by atoms with Crippen molar-refractivity contribution in [3.05, 3.63) is 53.2 Å². The average molecular weight is 327 g/mol. The normalized spacial score (nSPS) is 18.0. The number of nitrogens with one attached hydrogen (secondary N) is 1. The van der Waals surface area contributed by atoms with Gasteiger partial charge in [-0.3, -0.25) is 0 Å². The third-order valence-corrected chi connectivity index (χ3v) is 4.62. The minimum absolute atomic E-state index is 0.0221. The Morgan fingerprint density at radius 3 is 3.05 bits per heavy atom. The fourth-order valence-electron chi connectivity index (χ4n) is 2.11. The summed E-state index contributed by atoms with van der Waals surface area (Å²) in [7, 11) is 0. The van der Waals surface area contributed by atoms with E-state index in [1.54, 1.807) is 29.0 Å². The van der Waals surface area contributed by atoms with Gasteiger partial charge in [-0.15, -0.1) is 11.8 Å². The fraction of sp³-hybridized carbons (Fsp3) is 0.214. The molecule has 7 heteroatoms. The minimum Gasteiger partial charge on any atom is -0.466 e. The predicted molar refractivity (Wildman–Crippen MR) is 81.0 cm³/mol. The zero-order valence-corrected chi connectivity index (χ0v) is 12.5. The highest BCUT2D eigenvalue weighted by Gasteiger charge is 2.32. The number of carbonyl (C=O) groups is 1. The van der Waals surface area contributed by atoms with Crippen LogP contribution in [0.5, 0.6) is 0 Å². The van der Waals surface area contributed by atoms with Gasteiger partial charge in [0.25, 0.3) is 0 Å². The summed E-state index contributed by atoms with van der Waals surface area (Å²) in [6, 6.07) is 7.47. The van der Waals surface area contributed by atoms with Gasteiger partial charge in [0.2, 0.25) is 0 Å². The molecule has 21 heavy (non-hydrogen) atoms. The Bertz CT molecular complexity index is 650. The molecule has 0 aliphatic carbocycles. The maximum atomic E-state index is 13.1. The van der Waals surface area contributed by atoms with E-state index in [1.807, 2.05) is 6.07 Å². The largest absolute Gasteiger partial charge is 0.466 e. The lowest BCUT2D eigenvalue weighted by Crippen LogP contribution is -2.34. The van der Waals surface area contributed by atoms with Crippen molar-refractivity contribution in [2.45, 2.75) is 5.37 Å². The minimum atomic E-state index is -0.514. The molecule has 1 aliphatic heterocycles. The van der Waals surface area contributed by atoms with E-state index in [4.69, 9.17) is 16.0 Å². The van der Waals surface area contributed by atoms with E-state index in [0.29, 0.717) is 12.2 Å². The molecule has 0 bridgehead atoms. The van der Waals surface area contributed by atoms with Crippen LogP contribution in [0, 0.1) is 5.82 Å². The van der Waals surface area contributed by atoms with Crippen LogP contribution in [-0.4, -0.2) is 23.2 Å². The summed E-state index contributed by atoms with van der Waals surface area (Å²) < 4.78 is 18.5. The van der Waals surface area contributed by atoms with E-state index in [2.05, 4.69) is 5.32 Å². The van der Waals surface area contributed by atoms with E-state index in [9.17, 15) is 9.18 Å². The molecule has 1 aromatic heterocycles. The maximum Gasteiger partial charge on any atom is 0.323 e. The number of halogens is 2. The summed E-state index contributed by atoms with van der Waals surface area (Å²) in [5.41, 5.74) is 0.460. The van der Waals surface area contributed by atoms with Crippen molar-refractivity contribution < 1.29 is 13.6 Å². The second-order valence-electron chi connectivity index (χ2n) is 4.49. The summed E-state index contributed by atoms with van der Waals surface area (Å²) in [6.45, 7) is 0.622. The third kappa shape index (κ3) is 3.01. The van der Waals surface area contributed by atoms with Gasteiger partial charge < -0.3 is 14.6 Å². The third-order valence-electron chi connectivity index (χ3n) is 3.11. The summed E-state index contributed by atoms with van der Waals surface area (Å²) in [5.74, 6) is 1.06. The van der Waals surface area contributed by atoms with Gasteiger partial charge >= 0.3 is 6.03 Å². The van der Waals surface area contributed by atoms with E-state index in [1.165, 1.54) is 18.2 Å². The van der Waals surface area contributed by atoms with Gasteiger partial charge in [-0.05, 0) is 30.3 Å². The van der Waals surface area contributed by atoms with Crippen molar-refractivity contribution in [1.82, 2.24) is 4.90 Å². The summed E-state index contributed by atoms with van der Waals surface area (Å²) in [5, 5.41) is 2.56. The molecule has 2 amide bonds. The molecule has 2 heterocycles. The number of nitrogens with zero attached hydrogens (tertiary/aromatic N) is 1. The van der Waals surface area contributed by atoms with Crippen LogP contribution in [0.3, 0.4) is 0 Å². The molecule has 0 spiro atoms. The molecule has 1 saturated heterocycles. The van der Waals surface area contributed by atoms with Crippen molar-refractivity contribution >= 4 is 35.1 Å². The van der Waals surface area contributed by atoms with Crippen LogP contribution in [0.1, 0.15) is 11.1 Å². The fourth-order valence-corrected chi connectivity index (χ4v) is 3.50. The van der Waals surface area contributed by atoms with Crippen LogP contribution >= 0.6 is 23.4 Å². The van der Waals surface area contributed by atoms with Crippen LogP contribution in [0.25, 0.3) is 0 Å². The zero-order chi connectivity index (χ0) is 14.8. The average Bonchev–Trinajstić information content (AvgIpc) is 3.12. The van der Waals surface area contributed by atoms with Gasteiger partial charge in [0.1, 0.15) is 17.0 Å². The highest BCUT2D eigenvalue weighted by atomic mass is 35.5. The maximum absolute atomic E-state index is 13.1. The van der Waals surface area contributed by atoms with Crippen molar-refractivity contribution in [2.75, 3.05) is 17.6 Å². The first-order valence-corrected chi connectivity index (χ1v) is 7.75. The topological polar surface area (TPSA) is 45.5 Å². The van der Waals surface area contributed by atoms with E-state index < -0.39 is 5.82 Å². The number of amides is 2. The Kier molecular flexibility index (Phi) is 4.07. The lowest BCUT2D eigenvalue weighted by molar-refractivity contribution is 0.209. The Hall–Kier alpha value is -1.66. The molecule has 1 aliphatic rings. The van der Waals surface area contributed by atoms with Crippen molar-refractivity contribution in [3.8, 4) is 0 Å². The molecule has 1 aromatic carbocycles. The summed E-state index contributed by atoms with van der Waals surface area (Å²) >= 11 is 7.35. The number of hydrogen-bond donors (Lipinski definition) is 1. The number of carbonyl (C=O) groups excluding carboxylic acids is 1. The van der Waals surface area contributed by atoms with Crippen LogP contribution < -0.4 is 5.32 Å². The molecule has 1 N–H and O–H groups in total. The van der Waals surface area contributed by atoms with E-state index in [0.717, 1.165) is 11.5 Å². The van der Waals surface area contributed by atoms with Crippen LogP contribution in [0.2, 0.25) is 5.02 Å². The number of urea groups is 1. The van der Waals surface area contributed by atoms with Gasteiger partial charge in [-0.1, -0.05) is 11.6 Å². The number of thioether (sulfide) groups is 1. The Balaban J connectivity index is 1.73. The van der Waals surface area contributed by atoms with Gasteiger partial charge in [0.05, 0.1) is 11.3 Å². The highest BCUT2D eigenvalue weighted by Crippen LogP contribution is 2.38. The van der Waals surface area contributed by atoms with Crippen LogP contribution in [-0.2, 0) is 0 Å². The highest BCUT2D eigenvalue weighted by molar-refractivity contribution is 7.99. The molecule has 4 nitrogen and oxygen atoms in total. The SMILES string of the molecule is O=C(Nc1ccc(F)c(Cl)c1)N1CCS[C@H]1c1ccco1. The number of benzene rings is 1. The van der Waals surface area contributed by atoms with Gasteiger partial charge in [-0.2, -0.15) is 0 Å². The lowest BCUT2D eigenvalue weighted by atomic mass is 10.3. The standard InChI is InChI=1S/C14H12ClFN2O2S/c15-10-8-9(3-4-11(10)16)17-14(19)18-5-7-21-13(18)12-2-1-6-20-12/h1-4,6,8,13H,5,7H2,(H,17,19)/t13-/m0/s1. The van der Waals surface area contributed by atoms with Gasteiger partial charge in [-0.25, -0.2) is 9.18 Å². The molecule has 0 unspecified atom stereocenters. The van der Waals surface area contributed by atoms with E-state index >= 15 is 0 Å². The summed E-state index contributed by atoms with van der Waals surface area (Å²) in [6.07, 6.45) is 1.59. The molecule has 1 atom stereocenters. The Morgan fingerprint density at radius 1 is 1.48 bits per heavy atom. The monoisotopic (exact) mass is 326 g/mol. The Labute approximate surface area is 130 Å². The zero-order valence-electron chi connectivity index (χ0n) is 10.9.